The summed E-state index contributed by atoms with van der Waals surface area (Å²) >= 11 is 1.48. The monoisotopic (exact) mass is 394 g/mol. The van der Waals surface area contributed by atoms with Crippen LogP contribution in [0.25, 0.3) is 0 Å². The van der Waals surface area contributed by atoms with E-state index in [1.165, 1.54) is 11.8 Å². The van der Waals surface area contributed by atoms with Gasteiger partial charge in [-0.1, -0.05) is 35.5 Å². The quantitative estimate of drug-likeness (QED) is 0.690. The number of nitrogens with zero attached hydrogens (tertiary/aromatic N) is 2. The van der Waals surface area contributed by atoms with E-state index in [0.717, 1.165) is 10.5 Å². The molecule has 2 heterocycles. The molecule has 142 valence electrons. The second kappa shape index (κ2) is 7.85. The summed E-state index contributed by atoms with van der Waals surface area (Å²) in [5, 5.41) is 9.39. The van der Waals surface area contributed by atoms with Crippen LogP contribution in [0.5, 0.6) is 0 Å². The van der Waals surface area contributed by atoms with E-state index in [4.69, 9.17) is 4.52 Å². The van der Waals surface area contributed by atoms with Gasteiger partial charge in [0.2, 0.25) is 11.8 Å². The fourth-order valence-corrected chi connectivity index (χ4v) is 3.75. The molecule has 0 fully saturated rings. The fraction of sp³-hybridized carbons (Fsp3) is 0.200. The van der Waals surface area contributed by atoms with E-state index in [-0.39, 0.29) is 23.6 Å². The molecule has 28 heavy (non-hydrogen) atoms. The van der Waals surface area contributed by atoms with Gasteiger partial charge in [-0.15, -0.1) is 11.8 Å². The van der Waals surface area contributed by atoms with Crippen molar-refractivity contribution in [2.75, 3.05) is 5.32 Å². The average Bonchev–Trinajstić information content (AvgIpc) is 3.15. The van der Waals surface area contributed by atoms with Crippen molar-refractivity contribution >= 4 is 29.3 Å². The number of anilines is 1. The first-order chi connectivity index (χ1) is 13.6. The van der Waals surface area contributed by atoms with Crippen LogP contribution in [-0.4, -0.2) is 27.2 Å². The number of hydrogen-bond acceptors (Lipinski definition) is 6. The largest absolute Gasteiger partial charge is 0.343 e. The van der Waals surface area contributed by atoms with Gasteiger partial charge in [-0.25, -0.2) is 0 Å². The van der Waals surface area contributed by atoms with E-state index in [1.807, 2.05) is 43.3 Å². The van der Waals surface area contributed by atoms with Crippen LogP contribution < -0.4 is 10.6 Å². The second-order valence-electron chi connectivity index (χ2n) is 6.41. The third-order valence-electron chi connectivity index (χ3n) is 4.29. The predicted molar refractivity (Wildman–Crippen MR) is 105 cm³/mol. The summed E-state index contributed by atoms with van der Waals surface area (Å²) < 4.78 is 5.20. The van der Waals surface area contributed by atoms with E-state index < -0.39 is 0 Å². The lowest BCUT2D eigenvalue weighted by Crippen LogP contribution is -2.27. The van der Waals surface area contributed by atoms with E-state index in [1.54, 1.807) is 12.1 Å². The summed E-state index contributed by atoms with van der Waals surface area (Å²) in [6, 6.07) is 15.1. The first-order valence-electron chi connectivity index (χ1n) is 8.83. The highest BCUT2D eigenvalue weighted by Gasteiger charge is 2.23. The minimum Gasteiger partial charge on any atom is -0.343 e. The number of rotatable bonds is 5. The fourth-order valence-electron chi connectivity index (χ4n) is 2.82. The van der Waals surface area contributed by atoms with E-state index >= 15 is 0 Å². The van der Waals surface area contributed by atoms with Crippen LogP contribution >= 0.6 is 11.8 Å². The van der Waals surface area contributed by atoms with Crippen molar-refractivity contribution in [2.45, 2.75) is 30.0 Å². The first-order valence-corrected chi connectivity index (χ1v) is 9.71. The zero-order chi connectivity index (χ0) is 19.5. The van der Waals surface area contributed by atoms with Gasteiger partial charge >= 0.3 is 0 Å². The molecule has 2 amide bonds. The van der Waals surface area contributed by atoms with Crippen LogP contribution in [0.3, 0.4) is 0 Å². The third-order valence-corrected chi connectivity index (χ3v) is 5.47. The van der Waals surface area contributed by atoms with Crippen LogP contribution in [0.4, 0.5) is 5.69 Å². The Bertz CT molecular complexity index is 1020. The number of aromatic nitrogens is 2. The second-order valence-corrected chi connectivity index (χ2v) is 7.79. The van der Waals surface area contributed by atoms with E-state index in [9.17, 15) is 9.59 Å². The maximum Gasteiger partial charge on any atom is 0.251 e. The molecule has 7 nitrogen and oxygen atoms in total. The Morgan fingerprint density at radius 2 is 2.07 bits per heavy atom. The molecule has 0 saturated heterocycles. The minimum atomic E-state index is -0.275. The highest BCUT2D eigenvalue weighted by molar-refractivity contribution is 8.00. The Morgan fingerprint density at radius 3 is 2.89 bits per heavy atom. The Hall–Kier alpha value is -3.13. The summed E-state index contributed by atoms with van der Waals surface area (Å²) in [6.07, 6.45) is 0.568. The molecule has 0 bridgehead atoms. The molecule has 2 aromatic carbocycles. The van der Waals surface area contributed by atoms with Crippen molar-refractivity contribution in [1.82, 2.24) is 15.5 Å². The predicted octanol–water partition coefficient (Wildman–Crippen LogP) is 3.02. The van der Waals surface area contributed by atoms with Gasteiger partial charge in [-0.2, -0.15) is 4.98 Å². The first kappa shape index (κ1) is 18.2. The normalized spacial score (nSPS) is 15.6. The summed E-state index contributed by atoms with van der Waals surface area (Å²) in [6.45, 7) is 1.98. The average molecular weight is 394 g/mol. The van der Waals surface area contributed by atoms with Gasteiger partial charge in [0.15, 0.2) is 5.82 Å². The molecule has 0 unspecified atom stereocenters. The zero-order valence-corrected chi connectivity index (χ0v) is 16.0. The van der Waals surface area contributed by atoms with Crippen LogP contribution in [0.15, 0.2) is 57.9 Å². The van der Waals surface area contributed by atoms with Crippen molar-refractivity contribution in [3.05, 3.63) is 71.4 Å². The number of benzene rings is 2. The third kappa shape index (κ3) is 4.07. The molecule has 1 aromatic heterocycles. The van der Waals surface area contributed by atoms with Gasteiger partial charge in [0.1, 0.15) is 0 Å². The standard InChI is InChI=1S/C20H18N4O3S/c1-12-19(25)22-15-10-14(7-8-16(15)28-12)20(26)21-11-18-23-17(24-27-18)9-13-5-3-2-4-6-13/h2-8,10,12H,9,11H2,1H3,(H,21,26)(H,22,25)/t12-/m1/s1. The lowest BCUT2D eigenvalue weighted by molar-refractivity contribution is -0.115. The Labute approximate surface area is 165 Å². The zero-order valence-electron chi connectivity index (χ0n) is 15.1. The maximum atomic E-state index is 12.4. The highest BCUT2D eigenvalue weighted by atomic mass is 32.2. The Morgan fingerprint density at radius 1 is 1.25 bits per heavy atom. The number of thioether (sulfide) groups is 1. The maximum absolute atomic E-state index is 12.4. The summed E-state index contributed by atoms with van der Waals surface area (Å²) in [4.78, 5) is 29.5. The number of fused-ring (bicyclic) bond motifs is 1. The number of nitrogens with one attached hydrogen (secondary N) is 2. The van der Waals surface area contributed by atoms with Crippen LogP contribution in [0.1, 0.15) is 34.6 Å². The molecular weight excluding hydrogens is 376 g/mol. The van der Waals surface area contributed by atoms with E-state index in [2.05, 4.69) is 20.8 Å². The molecule has 0 spiro atoms. The van der Waals surface area contributed by atoms with Gasteiger partial charge in [0.25, 0.3) is 5.91 Å². The summed E-state index contributed by atoms with van der Waals surface area (Å²) in [5.41, 5.74) is 2.20. The molecule has 2 N–H and O–H groups in total. The van der Waals surface area contributed by atoms with Crippen molar-refractivity contribution in [3.63, 3.8) is 0 Å². The molecule has 0 aliphatic carbocycles. The van der Waals surface area contributed by atoms with E-state index in [0.29, 0.717) is 29.4 Å². The Balaban J connectivity index is 1.37. The topological polar surface area (TPSA) is 97.1 Å². The number of carbonyl (C=O) groups is 2. The molecule has 8 heteroatoms. The highest BCUT2D eigenvalue weighted by Crippen LogP contribution is 2.35. The number of amides is 2. The number of carbonyl (C=O) groups excluding carboxylic acids is 2. The SMILES string of the molecule is C[C@H]1Sc2ccc(C(=O)NCc3nc(Cc4ccccc4)no3)cc2NC1=O. The molecular formula is C20H18N4O3S. The van der Waals surface area contributed by atoms with Crippen LogP contribution in [0, 0.1) is 0 Å². The lowest BCUT2D eigenvalue weighted by atomic mass is 10.1. The van der Waals surface area contributed by atoms with Gasteiger partial charge in [-0.3, -0.25) is 9.59 Å². The molecule has 1 aliphatic rings. The molecule has 0 radical (unpaired) electrons. The molecule has 4 rings (SSSR count). The Kier molecular flexibility index (Phi) is 5.12. The summed E-state index contributed by atoms with van der Waals surface area (Å²) in [7, 11) is 0. The molecule has 0 saturated carbocycles. The van der Waals surface area contributed by atoms with Gasteiger partial charge in [0.05, 0.1) is 17.5 Å². The van der Waals surface area contributed by atoms with Crippen molar-refractivity contribution in [1.29, 1.82) is 0 Å². The van der Waals surface area contributed by atoms with Crippen molar-refractivity contribution in [2.24, 2.45) is 0 Å². The number of hydrogen-bond donors (Lipinski definition) is 2. The minimum absolute atomic E-state index is 0.0631. The van der Waals surface area contributed by atoms with Crippen molar-refractivity contribution in [3.8, 4) is 0 Å². The van der Waals surface area contributed by atoms with Crippen molar-refractivity contribution < 1.29 is 14.1 Å². The molecule has 3 aromatic rings. The van der Waals surface area contributed by atoms with Crippen LogP contribution in [-0.2, 0) is 17.8 Å². The van der Waals surface area contributed by atoms with Crippen LogP contribution in [0.2, 0.25) is 0 Å². The molecule has 1 aliphatic heterocycles. The molecule has 1 atom stereocenters. The van der Waals surface area contributed by atoms with Gasteiger partial charge in [-0.05, 0) is 30.7 Å². The smallest absolute Gasteiger partial charge is 0.251 e. The van der Waals surface area contributed by atoms with Gasteiger partial charge in [0, 0.05) is 16.9 Å². The lowest BCUT2D eigenvalue weighted by Gasteiger charge is -2.21. The summed E-state index contributed by atoms with van der Waals surface area (Å²) in [5.74, 6) is 0.573. The van der Waals surface area contributed by atoms with Gasteiger partial charge < -0.3 is 15.2 Å².